The molecule has 86 valence electrons. The summed E-state index contributed by atoms with van der Waals surface area (Å²) in [6, 6.07) is 9.88. The third kappa shape index (κ3) is 2.23. The van der Waals surface area contributed by atoms with Gasteiger partial charge in [0, 0.05) is 6.42 Å². The lowest BCUT2D eigenvalue weighted by molar-refractivity contribution is -0.147. The van der Waals surface area contributed by atoms with Crippen molar-refractivity contribution in [2.24, 2.45) is 0 Å². The second kappa shape index (κ2) is 4.63. The number of aryl methyl sites for hydroxylation is 1. The van der Waals surface area contributed by atoms with Gasteiger partial charge in [-0.2, -0.15) is 5.48 Å². The molecule has 1 unspecified atom stereocenters. The maximum Gasteiger partial charge on any atom is 0.326 e. The second-order valence-corrected chi connectivity index (χ2v) is 4.07. The Labute approximate surface area is 94.2 Å². The molecule has 0 saturated carbocycles. The third-order valence-corrected chi connectivity index (χ3v) is 2.99. The van der Waals surface area contributed by atoms with E-state index in [1.54, 1.807) is 0 Å². The average molecular weight is 221 g/mol. The topological polar surface area (TPSA) is 58.6 Å². The van der Waals surface area contributed by atoms with Crippen LogP contribution < -0.4 is 5.48 Å². The van der Waals surface area contributed by atoms with Crippen molar-refractivity contribution in [1.82, 2.24) is 5.48 Å². The van der Waals surface area contributed by atoms with Crippen LogP contribution in [0.1, 0.15) is 18.4 Å². The van der Waals surface area contributed by atoms with Gasteiger partial charge < -0.3 is 9.94 Å². The molecule has 0 bridgehead atoms. The number of carboxylic acids is 1. The minimum atomic E-state index is -0.907. The molecular weight excluding hydrogens is 206 g/mol. The Balaban J connectivity index is 2.00. The van der Waals surface area contributed by atoms with E-state index in [1.807, 2.05) is 30.3 Å². The van der Waals surface area contributed by atoms with E-state index in [9.17, 15) is 9.90 Å². The van der Waals surface area contributed by atoms with Gasteiger partial charge in [0.15, 0.2) is 0 Å². The summed E-state index contributed by atoms with van der Waals surface area (Å²) in [5.41, 5.74) is 2.88. The smallest absolute Gasteiger partial charge is 0.326 e. The van der Waals surface area contributed by atoms with Crippen LogP contribution >= 0.6 is 0 Å². The Morgan fingerprint density at radius 3 is 2.75 bits per heavy atom. The van der Waals surface area contributed by atoms with Gasteiger partial charge in [0.2, 0.25) is 0 Å². The van der Waals surface area contributed by atoms with Crippen LogP contribution in [0.4, 0.5) is 0 Å². The van der Waals surface area contributed by atoms with E-state index in [-0.39, 0.29) is 0 Å². The first-order valence-corrected chi connectivity index (χ1v) is 5.39. The lowest BCUT2D eigenvalue weighted by Gasteiger charge is -2.22. The SMILES string of the molecule is O=C(O)C1(CCc2ccccc2)CCON1. The number of hydroxylamine groups is 1. The molecular formula is C12H15NO3. The summed E-state index contributed by atoms with van der Waals surface area (Å²) < 4.78 is 0. The first-order valence-electron chi connectivity index (χ1n) is 5.39. The molecule has 1 aliphatic heterocycles. The molecule has 1 heterocycles. The molecule has 4 heteroatoms. The van der Waals surface area contributed by atoms with Gasteiger partial charge in [-0.3, -0.25) is 4.79 Å². The lowest BCUT2D eigenvalue weighted by Crippen LogP contribution is -2.47. The Morgan fingerprint density at radius 1 is 1.44 bits per heavy atom. The van der Waals surface area contributed by atoms with Crippen molar-refractivity contribution in [2.75, 3.05) is 6.61 Å². The monoisotopic (exact) mass is 221 g/mol. The minimum Gasteiger partial charge on any atom is -0.480 e. The quantitative estimate of drug-likeness (QED) is 0.806. The first kappa shape index (κ1) is 11.1. The van der Waals surface area contributed by atoms with Gasteiger partial charge >= 0.3 is 5.97 Å². The molecule has 1 aromatic rings. The first-order chi connectivity index (χ1) is 7.73. The number of carbonyl (C=O) groups is 1. The van der Waals surface area contributed by atoms with E-state index in [0.717, 1.165) is 12.0 Å². The van der Waals surface area contributed by atoms with E-state index in [0.29, 0.717) is 19.4 Å². The number of rotatable bonds is 4. The van der Waals surface area contributed by atoms with Crippen molar-refractivity contribution in [3.05, 3.63) is 35.9 Å². The highest BCUT2D eigenvalue weighted by Gasteiger charge is 2.41. The summed E-state index contributed by atoms with van der Waals surface area (Å²) >= 11 is 0. The molecule has 1 aromatic carbocycles. The number of hydrogen-bond acceptors (Lipinski definition) is 3. The van der Waals surface area contributed by atoms with Gasteiger partial charge in [-0.05, 0) is 18.4 Å². The fourth-order valence-electron chi connectivity index (χ4n) is 1.90. The molecule has 0 aliphatic carbocycles. The van der Waals surface area contributed by atoms with Crippen LogP contribution in [0.2, 0.25) is 0 Å². The van der Waals surface area contributed by atoms with Crippen LogP contribution in [0, 0.1) is 0 Å². The van der Waals surface area contributed by atoms with Gasteiger partial charge in [0.25, 0.3) is 0 Å². The van der Waals surface area contributed by atoms with Crippen molar-refractivity contribution >= 4 is 5.97 Å². The molecule has 2 N–H and O–H groups in total. The summed E-state index contributed by atoms with van der Waals surface area (Å²) in [7, 11) is 0. The Bertz CT molecular complexity index is 358. The summed E-state index contributed by atoms with van der Waals surface area (Å²) in [6.07, 6.45) is 1.81. The Hall–Kier alpha value is -1.39. The van der Waals surface area contributed by atoms with Crippen molar-refractivity contribution in [1.29, 1.82) is 0 Å². The predicted molar refractivity (Wildman–Crippen MR) is 58.8 cm³/mol. The maximum atomic E-state index is 11.2. The van der Waals surface area contributed by atoms with Crippen molar-refractivity contribution in [3.63, 3.8) is 0 Å². The molecule has 1 atom stereocenters. The molecule has 0 aromatic heterocycles. The molecule has 1 aliphatic rings. The second-order valence-electron chi connectivity index (χ2n) is 4.07. The van der Waals surface area contributed by atoms with Crippen LogP contribution in [0.5, 0.6) is 0 Å². The third-order valence-electron chi connectivity index (χ3n) is 2.99. The summed E-state index contributed by atoms with van der Waals surface area (Å²) in [5.74, 6) is -0.832. The standard InChI is InChI=1S/C12H15NO3/c14-11(15)12(8-9-16-13-12)7-6-10-4-2-1-3-5-10/h1-5,13H,6-9H2,(H,14,15). The Morgan fingerprint density at radius 2 is 2.19 bits per heavy atom. The zero-order chi connectivity index (χ0) is 11.4. The fraction of sp³-hybridized carbons (Fsp3) is 0.417. The zero-order valence-electron chi connectivity index (χ0n) is 8.98. The molecule has 1 saturated heterocycles. The highest BCUT2D eigenvalue weighted by atomic mass is 16.7. The molecule has 1 fully saturated rings. The number of nitrogens with one attached hydrogen (secondary N) is 1. The Kier molecular flexibility index (Phi) is 3.22. The van der Waals surface area contributed by atoms with E-state index in [2.05, 4.69) is 5.48 Å². The highest BCUT2D eigenvalue weighted by molar-refractivity contribution is 5.78. The predicted octanol–water partition coefficient (Wildman–Crippen LogP) is 1.37. The zero-order valence-corrected chi connectivity index (χ0v) is 8.98. The lowest BCUT2D eigenvalue weighted by atomic mass is 9.90. The summed E-state index contributed by atoms with van der Waals surface area (Å²) in [6.45, 7) is 0.459. The molecule has 0 spiro atoms. The van der Waals surface area contributed by atoms with Crippen molar-refractivity contribution in [2.45, 2.75) is 24.8 Å². The van der Waals surface area contributed by atoms with Crippen LogP contribution in [0.15, 0.2) is 30.3 Å². The number of benzene rings is 1. The van der Waals surface area contributed by atoms with Gasteiger partial charge in [-0.1, -0.05) is 30.3 Å². The van der Waals surface area contributed by atoms with E-state index < -0.39 is 11.5 Å². The molecule has 0 amide bonds. The van der Waals surface area contributed by atoms with Crippen LogP contribution in [0.25, 0.3) is 0 Å². The van der Waals surface area contributed by atoms with Gasteiger partial charge in [-0.15, -0.1) is 0 Å². The fourth-order valence-corrected chi connectivity index (χ4v) is 1.90. The van der Waals surface area contributed by atoms with Crippen molar-refractivity contribution < 1.29 is 14.7 Å². The number of aliphatic carboxylic acids is 1. The maximum absolute atomic E-state index is 11.2. The molecule has 16 heavy (non-hydrogen) atoms. The van der Waals surface area contributed by atoms with E-state index in [4.69, 9.17) is 4.84 Å². The molecule has 4 nitrogen and oxygen atoms in total. The number of carboxylic acid groups (broad SMARTS) is 1. The normalized spacial score (nSPS) is 24.5. The summed E-state index contributed by atoms with van der Waals surface area (Å²) in [4.78, 5) is 16.2. The van der Waals surface area contributed by atoms with Gasteiger partial charge in [0.05, 0.1) is 6.61 Å². The van der Waals surface area contributed by atoms with E-state index in [1.165, 1.54) is 0 Å². The van der Waals surface area contributed by atoms with E-state index >= 15 is 0 Å². The van der Waals surface area contributed by atoms with Crippen LogP contribution in [-0.2, 0) is 16.1 Å². The average Bonchev–Trinajstić information content (AvgIpc) is 2.78. The molecule has 2 rings (SSSR count). The van der Waals surface area contributed by atoms with Crippen LogP contribution in [-0.4, -0.2) is 23.2 Å². The van der Waals surface area contributed by atoms with Gasteiger partial charge in [0.1, 0.15) is 5.54 Å². The molecule has 0 radical (unpaired) electrons. The summed E-state index contributed by atoms with van der Waals surface area (Å²) in [5, 5.41) is 9.20. The number of hydrogen-bond donors (Lipinski definition) is 2. The van der Waals surface area contributed by atoms with Crippen molar-refractivity contribution in [3.8, 4) is 0 Å². The van der Waals surface area contributed by atoms with Crippen LogP contribution in [0.3, 0.4) is 0 Å². The minimum absolute atomic E-state index is 0.459. The largest absolute Gasteiger partial charge is 0.480 e. The van der Waals surface area contributed by atoms with Gasteiger partial charge in [-0.25, -0.2) is 0 Å². The highest BCUT2D eigenvalue weighted by Crippen LogP contribution is 2.23.